The minimum atomic E-state index is -1.44. The van der Waals surface area contributed by atoms with Crippen LogP contribution in [0, 0.1) is 0 Å². The van der Waals surface area contributed by atoms with Crippen molar-refractivity contribution in [2.24, 2.45) is 7.05 Å². The third-order valence-corrected chi connectivity index (χ3v) is 3.39. The Kier molecular flexibility index (Phi) is 2.89. The van der Waals surface area contributed by atoms with Crippen molar-refractivity contribution in [3.8, 4) is 11.1 Å². The van der Waals surface area contributed by atoms with Gasteiger partial charge in [0.2, 0.25) is 0 Å². The molecule has 0 aliphatic heterocycles. The standard InChI is InChI=1S/C15H14BNO2/c1-17-10-14(13-7-2-3-8-15(13)17)11-5-4-6-12(9-11)16(18)19/h2-10,18-19H,1H3. The zero-order valence-corrected chi connectivity index (χ0v) is 10.6. The van der Waals surface area contributed by atoms with Gasteiger partial charge in [0.1, 0.15) is 0 Å². The molecule has 3 nitrogen and oxygen atoms in total. The molecule has 0 aliphatic rings. The fourth-order valence-electron chi connectivity index (χ4n) is 2.44. The fraction of sp³-hybridized carbons (Fsp3) is 0.0667. The van der Waals surface area contributed by atoms with Crippen molar-refractivity contribution < 1.29 is 10.0 Å². The molecule has 0 fully saturated rings. The lowest BCUT2D eigenvalue weighted by Crippen LogP contribution is -2.29. The minimum absolute atomic E-state index is 0.505. The highest BCUT2D eigenvalue weighted by atomic mass is 16.4. The van der Waals surface area contributed by atoms with Crippen LogP contribution in [-0.4, -0.2) is 21.7 Å². The van der Waals surface area contributed by atoms with E-state index in [1.54, 1.807) is 6.07 Å². The lowest BCUT2D eigenvalue weighted by atomic mass is 9.79. The van der Waals surface area contributed by atoms with E-state index in [0.717, 1.165) is 22.0 Å². The van der Waals surface area contributed by atoms with E-state index in [2.05, 4.69) is 22.9 Å². The number of para-hydroxylation sites is 1. The van der Waals surface area contributed by atoms with Crippen molar-refractivity contribution in [3.63, 3.8) is 0 Å². The first kappa shape index (κ1) is 12.0. The van der Waals surface area contributed by atoms with E-state index in [9.17, 15) is 10.0 Å². The Morgan fingerprint density at radius 2 is 1.79 bits per heavy atom. The second-order valence-electron chi connectivity index (χ2n) is 4.67. The van der Waals surface area contributed by atoms with Gasteiger partial charge in [0.05, 0.1) is 0 Å². The largest absolute Gasteiger partial charge is 0.488 e. The molecule has 2 aromatic carbocycles. The Morgan fingerprint density at radius 1 is 1.00 bits per heavy atom. The van der Waals surface area contributed by atoms with Crippen molar-refractivity contribution in [3.05, 3.63) is 54.7 Å². The zero-order valence-electron chi connectivity index (χ0n) is 10.6. The molecular weight excluding hydrogens is 237 g/mol. The third-order valence-electron chi connectivity index (χ3n) is 3.39. The summed E-state index contributed by atoms with van der Waals surface area (Å²) in [7, 11) is 0.575. The van der Waals surface area contributed by atoms with Gasteiger partial charge in [-0.2, -0.15) is 0 Å². The highest BCUT2D eigenvalue weighted by Crippen LogP contribution is 2.29. The van der Waals surface area contributed by atoms with Crippen LogP contribution in [0.1, 0.15) is 0 Å². The molecule has 3 rings (SSSR count). The van der Waals surface area contributed by atoms with Gasteiger partial charge in [0.15, 0.2) is 0 Å². The van der Waals surface area contributed by atoms with Crippen LogP contribution in [0.25, 0.3) is 22.0 Å². The molecule has 0 amide bonds. The van der Waals surface area contributed by atoms with Gasteiger partial charge in [-0.05, 0) is 17.1 Å². The first-order chi connectivity index (χ1) is 9.16. The molecule has 0 saturated carbocycles. The molecule has 19 heavy (non-hydrogen) atoms. The molecular formula is C15H14BNO2. The van der Waals surface area contributed by atoms with Crippen molar-refractivity contribution in [2.75, 3.05) is 0 Å². The summed E-state index contributed by atoms with van der Waals surface area (Å²) in [5.74, 6) is 0. The smallest absolute Gasteiger partial charge is 0.423 e. The highest BCUT2D eigenvalue weighted by Gasteiger charge is 2.13. The van der Waals surface area contributed by atoms with Crippen LogP contribution in [-0.2, 0) is 7.05 Å². The Labute approximate surface area is 111 Å². The van der Waals surface area contributed by atoms with Crippen LogP contribution in [0.3, 0.4) is 0 Å². The summed E-state index contributed by atoms with van der Waals surface area (Å²) < 4.78 is 2.08. The summed E-state index contributed by atoms with van der Waals surface area (Å²) in [6.07, 6.45) is 2.06. The molecule has 3 aromatic rings. The van der Waals surface area contributed by atoms with E-state index in [1.165, 1.54) is 0 Å². The maximum absolute atomic E-state index is 9.26. The summed E-state index contributed by atoms with van der Waals surface area (Å²) in [6, 6.07) is 15.5. The first-order valence-corrected chi connectivity index (χ1v) is 6.17. The summed E-state index contributed by atoms with van der Waals surface area (Å²) in [4.78, 5) is 0. The van der Waals surface area contributed by atoms with E-state index >= 15 is 0 Å². The third kappa shape index (κ3) is 2.05. The molecule has 0 saturated heterocycles. The number of benzene rings is 2. The molecule has 0 atom stereocenters. The lowest BCUT2D eigenvalue weighted by molar-refractivity contribution is 0.426. The van der Waals surface area contributed by atoms with Crippen LogP contribution in [0.15, 0.2) is 54.7 Å². The number of aromatic nitrogens is 1. The Balaban J connectivity index is 2.22. The van der Waals surface area contributed by atoms with E-state index in [4.69, 9.17) is 0 Å². The predicted molar refractivity (Wildman–Crippen MR) is 78.2 cm³/mol. The van der Waals surface area contributed by atoms with Gasteiger partial charge in [0.25, 0.3) is 0 Å². The number of hydrogen-bond acceptors (Lipinski definition) is 2. The molecule has 0 radical (unpaired) electrons. The SMILES string of the molecule is Cn1cc(-c2cccc(B(O)O)c2)c2ccccc21. The van der Waals surface area contributed by atoms with Crippen molar-refractivity contribution in [1.82, 2.24) is 4.57 Å². The lowest BCUT2D eigenvalue weighted by Gasteiger charge is -2.03. The average molecular weight is 251 g/mol. The number of aryl methyl sites for hydroxylation is 1. The Bertz CT molecular complexity index is 734. The molecule has 1 heterocycles. The number of hydrogen-bond donors (Lipinski definition) is 2. The van der Waals surface area contributed by atoms with Gasteiger partial charge in [0, 0.05) is 29.7 Å². The van der Waals surface area contributed by atoms with Crippen molar-refractivity contribution in [1.29, 1.82) is 0 Å². The second-order valence-corrected chi connectivity index (χ2v) is 4.67. The van der Waals surface area contributed by atoms with Gasteiger partial charge in [-0.3, -0.25) is 0 Å². The average Bonchev–Trinajstić information content (AvgIpc) is 2.77. The molecule has 94 valence electrons. The number of rotatable bonds is 2. The van der Waals surface area contributed by atoms with E-state index in [-0.39, 0.29) is 0 Å². The van der Waals surface area contributed by atoms with Crippen LogP contribution >= 0.6 is 0 Å². The van der Waals surface area contributed by atoms with Crippen molar-refractivity contribution >= 4 is 23.5 Å². The van der Waals surface area contributed by atoms with Crippen LogP contribution in [0.2, 0.25) is 0 Å². The van der Waals surface area contributed by atoms with Gasteiger partial charge in [-0.15, -0.1) is 0 Å². The van der Waals surface area contributed by atoms with Crippen LogP contribution < -0.4 is 5.46 Å². The number of nitrogens with zero attached hydrogens (tertiary/aromatic N) is 1. The number of fused-ring (bicyclic) bond motifs is 1. The monoisotopic (exact) mass is 251 g/mol. The van der Waals surface area contributed by atoms with Gasteiger partial charge >= 0.3 is 7.12 Å². The quantitative estimate of drug-likeness (QED) is 0.678. The predicted octanol–water partition coefficient (Wildman–Crippen LogP) is 1.53. The molecule has 1 aromatic heterocycles. The highest BCUT2D eigenvalue weighted by molar-refractivity contribution is 6.58. The zero-order chi connectivity index (χ0) is 13.4. The summed E-state index contributed by atoms with van der Waals surface area (Å²) in [6.45, 7) is 0. The maximum atomic E-state index is 9.26. The fourth-order valence-corrected chi connectivity index (χ4v) is 2.44. The normalized spacial score (nSPS) is 10.9. The van der Waals surface area contributed by atoms with E-state index in [1.807, 2.05) is 37.4 Å². The Hall–Kier alpha value is -2.04. The topological polar surface area (TPSA) is 45.4 Å². The Morgan fingerprint density at radius 3 is 2.58 bits per heavy atom. The van der Waals surface area contributed by atoms with Gasteiger partial charge < -0.3 is 14.6 Å². The van der Waals surface area contributed by atoms with E-state index < -0.39 is 7.12 Å². The summed E-state index contributed by atoms with van der Waals surface area (Å²) in [5, 5.41) is 19.7. The summed E-state index contributed by atoms with van der Waals surface area (Å²) in [5.41, 5.74) is 3.75. The minimum Gasteiger partial charge on any atom is -0.423 e. The van der Waals surface area contributed by atoms with Crippen LogP contribution in [0.4, 0.5) is 0 Å². The molecule has 0 bridgehead atoms. The van der Waals surface area contributed by atoms with Gasteiger partial charge in [-0.1, -0.05) is 42.5 Å². The summed E-state index contributed by atoms with van der Waals surface area (Å²) >= 11 is 0. The molecule has 0 aliphatic carbocycles. The molecule has 0 unspecified atom stereocenters. The van der Waals surface area contributed by atoms with Gasteiger partial charge in [-0.25, -0.2) is 0 Å². The maximum Gasteiger partial charge on any atom is 0.488 e. The second kappa shape index (κ2) is 4.57. The molecule has 2 N–H and O–H groups in total. The molecule has 4 heteroatoms. The van der Waals surface area contributed by atoms with Crippen LogP contribution in [0.5, 0.6) is 0 Å². The first-order valence-electron chi connectivity index (χ1n) is 6.17. The molecule has 0 spiro atoms. The van der Waals surface area contributed by atoms with E-state index in [0.29, 0.717) is 5.46 Å². The van der Waals surface area contributed by atoms with Crippen molar-refractivity contribution in [2.45, 2.75) is 0 Å².